The molecule has 6 heteroatoms. The minimum Gasteiger partial charge on any atom is -0.497 e. The van der Waals surface area contributed by atoms with Gasteiger partial charge in [0.15, 0.2) is 0 Å². The third-order valence-electron chi connectivity index (χ3n) is 9.47. The van der Waals surface area contributed by atoms with Crippen molar-refractivity contribution in [2.24, 2.45) is 0 Å². The maximum Gasteiger partial charge on any atom is 0.119 e. The van der Waals surface area contributed by atoms with E-state index < -0.39 is 0 Å². The fourth-order valence-electron chi connectivity index (χ4n) is 6.44. The van der Waals surface area contributed by atoms with Gasteiger partial charge in [-0.2, -0.15) is 0 Å². The molecule has 0 saturated carbocycles. The molecule has 0 aromatic heterocycles. The Kier molecular flexibility index (Phi) is 11.8. The molecule has 7 rings (SSSR count). The van der Waals surface area contributed by atoms with Gasteiger partial charge in [-0.1, -0.05) is 66.8 Å². The summed E-state index contributed by atoms with van der Waals surface area (Å²) < 4.78 is 21.6. The van der Waals surface area contributed by atoms with Gasteiger partial charge in [0.1, 0.15) is 23.0 Å². The average molecular weight is 737 g/mol. The lowest BCUT2D eigenvalue weighted by Crippen LogP contribution is -2.09. The summed E-state index contributed by atoms with van der Waals surface area (Å²) in [7, 11) is 6.72. The molecule has 0 amide bonds. The first kappa shape index (κ1) is 37.1. The van der Waals surface area contributed by atoms with Crippen LogP contribution in [-0.4, -0.2) is 28.4 Å². The Balaban J connectivity index is 1.06. The molecular weight excluding hydrogens is 693 g/mol. The van der Waals surface area contributed by atoms with E-state index in [9.17, 15) is 0 Å². The van der Waals surface area contributed by atoms with Crippen molar-refractivity contribution in [3.63, 3.8) is 0 Å². The zero-order valence-electron chi connectivity index (χ0n) is 32.0. The normalized spacial score (nSPS) is 11.1. The third kappa shape index (κ3) is 8.95. The van der Waals surface area contributed by atoms with Gasteiger partial charge in [-0.05, 0) is 150 Å². The van der Waals surface area contributed by atoms with Crippen molar-refractivity contribution in [1.82, 2.24) is 0 Å². The molecule has 278 valence electrons. The zero-order valence-corrected chi connectivity index (χ0v) is 32.0. The Labute approximate surface area is 329 Å². The molecule has 0 bridgehead atoms. The van der Waals surface area contributed by atoms with Crippen LogP contribution >= 0.6 is 0 Å². The Hall–Kier alpha value is -7.18. The fourth-order valence-corrected chi connectivity index (χ4v) is 6.44. The highest BCUT2D eigenvalue weighted by atomic mass is 16.5. The van der Waals surface area contributed by atoms with Gasteiger partial charge in [-0.15, -0.1) is 0 Å². The van der Waals surface area contributed by atoms with Crippen LogP contribution in [-0.2, 0) is 0 Å². The Morgan fingerprint density at radius 1 is 0.286 bits per heavy atom. The molecule has 0 aliphatic carbocycles. The predicted molar refractivity (Wildman–Crippen MR) is 233 cm³/mol. The van der Waals surface area contributed by atoms with Crippen LogP contribution in [0, 0.1) is 0 Å². The Morgan fingerprint density at radius 3 is 0.768 bits per heavy atom. The molecule has 0 atom stereocenters. The monoisotopic (exact) mass is 736 g/mol. The number of nitrogens with zero attached hydrogens (tertiary/aromatic N) is 2. The van der Waals surface area contributed by atoms with Crippen LogP contribution in [0.15, 0.2) is 170 Å². The van der Waals surface area contributed by atoms with E-state index in [0.717, 1.165) is 79.4 Å². The standard InChI is InChI=1S/C50H44N2O4/c1-53-47-28-20-43(21-29-47)51(44-22-30-48(54-2)31-23-44)41-16-12-37(13-17-41)8-10-39-6-5-7-40(36-39)11-9-38-14-18-42(19-15-38)52(45-24-32-49(55-3)33-25-45)46-26-34-50(56-4)35-27-46/h5-36H,1-4H3. The van der Waals surface area contributed by atoms with Gasteiger partial charge in [-0.25, -0.2) is 0 Å². The van der Waals surface area contributed by atoms with Gasteiger partial charge in [0.25, 0.3) is 0 Å². The maximum atomic E-state index is 5.40. The van der Waals surface area contributed by atoms with Crippen LogP contribution in [0.5, 0.6) is 23.0 Å². The average Bonchev–Trinajstić information content (AvgIpc) is 3.27. The first-order valence-corrected chi connectivity index (χ1v) is 18.4. The second-order valence-electron chi connectivity index (χ2n) is 13.0. The van der Waals surface area contributed by atoms with E-state index in [-0.39, 0.29) is 0 Å². The SMILES string of the molecule is COc1ccc(N(c2ccc(C=Cc3cccc(C=Cc4ccc(N(c5ccc(OC)cc5)c5ccc(OC)cc5)cc4)c3)cc2)c2ccc(OC)cc2)cc1. The summed E-state index contributed by atoms with van der Waals surface area (Å²) >= 11 is 0. The van der Waals surface area contributed by atoms with E-state index in [1.807, 2.05) is 48.5 Å². The van der Waals surface area contributed by atoms with Gasteiger partial charge >= 0.3 is 0 Å². The van der Waals surface area contributed by atoms with Crippen LogP contribution in [0.4, 0.5) is 34.1 Å². The van der Waals surface area contributed by atoms with E-state index in [0.29, 0.717) is 0 Å². The zero-order chi connectivity index (χ0) is 38.7. The molecule has 7 aromatic carbocycles. The van der Waals surface area contributed by atoms with Crippen molar-refractivity contribution in [2.45, 2.75) is 0 Å². The minimum atomic E-state index is 0.816. The lowest BCUT2D eigenvalue weighted by atomic mass is 10.1. The first-order valence-electron chi connectivity index (χ1n) is 18.4. The highest BCUT2D eigenvalue weighted by molar-refractivity contribution is 5.81. The summed E-state index contributed by atoms with van der Waals surface area (Å²) in [5.74, 6) is 3.27. The fraction of sp³-hybridized carbons (Fsp3) is 0.0800. The molecule has 56 heavy (non-hydrogen) atoms. The van der Waals surface area contributed by atoms with E-state index in [2.05, 4.69) is 155 Å². The first-order chi connectivity index (χ1) is 27.5. The van der Waals surface area contributed by atoms with Crippen LogP contribution < -0.4 is 28.7 Å². The van der Waals surface area contributed by atoms with Crippen molar-refractivity contribution in [1.29, 1.82) is 0 Å². The summed E-state index contributed by atoms with van der Waals surface area (Å²) in [4.78, 5) is 4.43. The van der Waals surface area contributed by atoms with E-state index in [1.165, 1.54) is 0 Å². The summed E-state index contributed by atoms with van der Waals surface area (Å²) in [5.41, 5.74) is 10.7. The second-order valence-corrected chi connectivity index (χ2v) is 13.0. The molecule has 0 heterocycles. The van der Waals surface area contributed by atoms with Crippen LogP contribution in [0.3, 0.4) is 0 Å². The third-order valence-corrected chi connectivity index (χ3v) is 9.47. The van der Waals surface area contributed by atoms with Crippen molar-refractivity contribution in [2.75, 3.05) is 38.2 Å². The Morgan fingerprint density at radius 2 is 0.518 bits per heavy atom. The molecule has 6 nitrogen and oxygen atoms in total. The molecule has 7 aromatic rings. The number of anilines is 6. The van der Waals surface area contributed by atoms with Crippen molar-refractivity contribution in [3.05, 3.63) is 192 Å². The molecule has 0 fully saturated rings. The molecule has 0 aliphatic heterocycles. The molecule has 0 saturated heterocycles. The lowest BCUT2D eigenvalue weighted by molar-refractivity contribution is 0.414. The maximum absolute atomic E-state index is 5.40. The molecule has 0 spiro atoms. The minimum absolute atomic E-state index is 0.816. The van der Waals surface area contributed by atoms with E-state index in [1.54, 1.807) is 28.4 Å². The summed E-state index contributed by atoms with van der Waals surface area (Å²) in [5, 5.41) is 0. The molecule has 0 N–H and O–H groups in total. The highest BCUT2D eigenvalue weighted by Gasteiger charge is 2.14. The van der Waals surface area contributed by atoms with Gasteiger partial charge in [0, 0.05) is 34.1 Å². The molecule has 0 aliphatic rings. The van der Waals surface area contributed by atoms with Crippen molar-refractivity contribution in [3.8, 4) is 23.0 Å². The van der Waals surface area contributed by atoms with Crippen LogP contribution in [0.1, 0.15) is 22.3 Å². The number of rotatable bonds is 14. The molecule has 0 radical (unpaired) electrons. The van der Waals surface area contributed by atoms with Gasteiger partial charge in [0.2, 0.25) is 0 Å². The van der Waals surface area contributed by atoms with E-state index in [4.69, 9.17) is 18.9 Å². The Bertz CT molecular complexity index is 2100. The highest BCUT2D eigenvalue weighted by Crippen LogP contribution is 2.38. The van der Waals surface area contributed by atoms with Gasteiger partial charge in [-0.3, -0.25) is 0 Å². The number of hydrogen-bond acceptors (Lipinski definition) is 6. The van der Waals surface area contributed by atoms with Gasteiger partial charge < -0.3 is 28.7 Å². The smallest absolute Gasteiger partial charge is 0.119 e. The van der Waals surface area contributed by atoms with Crippen molar-refractivity contribution < 1.29 is 18.9 Å². The second kappa shape index (κ2) is 17.8. The largest absolute Gasteiger partial charge is 0.497 e. The van der Waals surface area contributed by atoms with E-state index >= 15 is 0 Å². The topological polar surface area (TPSA) is 43.4 Å². The molecular formula is C50H44N2O4. The summed E-state index contributed by atoms with van der Waals surface area (Å²) in [6.07, 6.45) is 8.60. The number of benzene rings is 7. The number of ether oxygens (including phenoxy) is 4. The molecule has 0 unspecified atom stereocenters. The number of hydrogen-bond donors (Lipinski definition) is 0. The summed E-state index contributed by atoms with van der Waals surface area (Å²) in [6, 6.07) is 58.0. The quantitative estimate of drug-likeness (QED) is 0.104. The summed E-state index contributed by atoms with van der Waals surface area (Å²) in [6.45, 7) is 0. The van der Waals surface area contributed by atoms with Crippen LogP contribution in [0.25, 0.3) is 24.3 Å². The lowest BCUT2D eigenvalue weighted by Gasteiger charge is -2.26. The van der Waals surface area contributed by atoms with Gasteiger partial charge in [0.05, 0.1) is 28.4 Å². The van der Waals surface area contributed by atoms with Crippen LogP contribution in [0.2, 0.25) is 0 Å². The number of methoxy groups -OCH3 is 4. The van der Waals surface area contributed by atoms with Crippen molar-refractivity contribution >= 4 is 58.4 Å². The predicted octanol–water partition coefficient (Wildman–Crippen LogP) is 13.0.